The van der Waals surface area contributed by atoms with Crippen LogP contribution < -0.4 is 11.1 Å². The van der Waals surface area contributed by atoms with Gasteiger partial charge in [-0.3, -0.25) is 9.59 Å². The number of Topliss-reactive ketones (excluding diaryl/α,β-unsaturated/α-hetero) is 1. The van der Waals surface area contributed by atoms with Gasteiger partial charge in [0.25, 0.3) is 0 Å². The van der Waals surface area contributed by atoms with Gasteiger partial charge in [0.15, 0.2) is 5.78 Å². The maximum atomic E-state index is 13.3. The van der Waals surface area contributed by atoms with Crippen molar-refractivity contribution in [1.29, 1.82) is 0 Å². The minimum absolute atomic E-state index is 0.0680. The van der Waals surface area contributed by atoms with E-state index < -0.39 is 23.1 Å². The summed E-state index contributed by atoms with van der Waals surface area (Å²) in [6.07, 6.45) is 1.49. The fraction of sp³-hybridized carbons (Fsp3) is 0.350. The minimum Gasteiger partial charge on any atom is -0.462 e. The number of amides is 1. The Morgan fingerprint density at radius 2 is 2.04 bits per heavy atom. The van der Waals surface area contributed by atoms with Crippen LogP contribution in [0.3, 0.4) is 0 Å². The Hall–Kier alpha value is -2.61. The number of esters is 1. The van der Waals surface area contributed by atoms with E-state index in [0.717, 1.165) is 6.42 Å². The van der Waals surface area contributed by atoms with Gasteiger partial charge in [0.2, 0.25) is 11.8 Å². The first-order valence-corrected chi connectivity index (χ1v) is 9.73. The van der Waals surface area contributed by atoms with E-state index in [1.165, 1.54) is 6.92 Å². The number of unbranched alkanes of at least 4 members (excludes halogenated alkanes) is 1. The second-order valence-corrected chi connectivity index (χ2v) is 7.63. The fourth-order valence-corrected chi connectivity index (χ4v) is 4.12. The lowest BCUT2D eigenvalue weighted by atomic mass is 9.66. The number of allylic oxidation sites excluding steroid dienone is 1. The van der Waals surface area contributed by atoms with E-state index in [0.29, 0.717) is 22.1 Å². The van der Waals surface area contributed by atoms with E-state index in [9.17, 15) is 14.4 Å². The van der Waals surface area contributed by atoms with Crippen molar-refractivity contribution in [2.45, 2.75) is 39.0 Å². The number of fused-ring (bicyclic) bond motifs is 2. The predicted molar refractivity (Wildman–Crippen MR) is 106 cm³/mol. The molecule has 0 saturated carbocycles. The van der Waals surface area contributed by atoms with Crippen LogP contribution in [0.5, 0.6) is 0 Å². The van der Waals surface area contributed by atoms with Crippen molar-refractivity contribution in [3.63, 3.8) is 0 Å². The Balaban J connectivity index is 2.29. The number of carbonyl (C=O) groups is 3. The molecule has 1 aromatic rings. The van der Waals surface area contributed by atoms with Crippen molar-refractivity contribution < 1.29 is 23.9 Å². The van der Waals surface area contributed by atoms with Crippen molar-refractivity contribution in [3.8, 4) is 0 Å². The largest absolute Gasteiger partial charge is 0.462 e. The molecule has 0 fully saturated rings. The lowest BCUT2D eigenvalue weighted by Gasteiger charge is -2.35. The molecule has 2 heterocycles. The number of nitrogens with one attached hydrogen (secondary N) is 1. The molecule has 1 amide bonds. The molecule has 7 nitrogen and oxygen atoms in total. The molecule has 1 aromatic carbocycles. The smallest absolute Gasteiger partial charge is 0.341 e. The van der Waals surface area contributed by atoms with Crippen LogP contribution in [0.25, 0.3) is 0 Å². The van der Waals surface area contributed by atoms with Gasteiger partial charge in [-0.05, 0) is 38.5 Å². The number of nitrogens with two attached hydrogens (primary N) is 1. The molecule has 3 rings (SSSR count). The van der Waals surface area contributed by atoms with Crippen LogP contribution in [0.1, 0.15) is 39.2 Å². The van der Waals surface area contributed by atoms with Crippen LogP contribution in [0.2, 0.25) is 0 Å². The average Bonchev–Trinajstić information content (AvgIpc) is 2.87. The standard InChI is InChI=1S/C20H21BrN2O5/c1-4-5-8-27-18(25)16-17(22)28-11(3)15(10(2)24)20(16)13-9-12(21)6-7-14(13)23-19(20)26/h6-7,9H,4-5,8,22H2,1-3H3,(H,23,26)/t20-/m1/s1. The van der Waals surface area contributed by atoms with E-state index in [4.69, 9.17) is 15.2 Å². The quantitative estimate of drug-likeness (QED) is 0.529. The van der Waals surface area contributed by atoms with Gasteiger partial charge in [-0.1, -0.05) is 29.3 Å². The SMILES string of the molecule is CCCCOC(=O)C1=C(N)OC(C)=C(C(C)=O)[C@@]12C(=O)Nc1ccc(Br)cc12. The minimum atomic E-state index is -1.72. The van der Waals surface area contributed by atoms with Crippen molar-refractivity contribution >= 4 is 39.3 Å². The third-order valence-electron chi connectivity index (χ3n) is 4.87. The van der Waals surface area contributed by atoms with Crippen LogP contribution in [0.15, 0.2) is 45.5 Å². The molecule has 148 valence electrons. The summed E-state index contributed by atoms with van der Waals surface area (Å²) in [5.41, 5.74) is 5.19. The van der Waals surface area contributed by atoms with Crippen LogP contribution >= 0.6 is 15.9 Å². The van der Waals surface area contributed by atoms with Gasteiger partial charge in [-0.25, -0.2) is 4.79 Å². The van der Waals surface area contributed by atoms with Gasteiger partial charge in [-0.15, -0.1) is 0 Å². The van der Waals surface area contributed by atoms with Crippen molar-refractivity contribution in [2.24, 2.45) is 5.73 Å². The Bertz CT molecular complexity index is 950. The molecule has 0 aliphatic carbocycles. The molecule has 0 radical (unpaired) electrons. The summed E-state index contributed by atoms with van der Waals surface area (Å²) in [6, 6.07) is 5.15. The summed E-state index contributed by atoms with van der Waals surface area (Å²) < 4.78 is 11.5. The Labute approximate surface area is 171 Å². The maximum absolute atomic E-state index is 13.3. The molecule has 0 aromatic heterocycles. The lowest BCUT2D eigenvalue weighted by Crippen LogP contribution is -2.48. The first kappa shape index (κ1) is 20.1. The molecule has 0 bridgehead atoms. The van der Waals surface area contributed by atoms with E-state index in [-0.39, 0.29) is 29.4 Å². The average molecular weight is 449 g/mol. The number of anilines is 1. The molecule has 0 saturated heterocycles. The van der Waals surface area contributed by atoms with Gasteiger partial charge in [0.1, 0.15) is 16.7 Å². The van der Waals surface area contributed by atoms with Crippen molar-refractivity contribution in [3.05, 3.63) is 51.0 Å². The van der Waals surface area contributed by atoms with E-state index in [1.54, 1.807) is 25.1 Å². The third-order valence-corrected chi connectivity index (χ3v) is 5.37. The van der Waals surface area contributed by atoms with Gasteiger partial charge in [0.05, 0.1) is 12.2 Å². The zero-order chi connectivity index (χ0) is 20.6. The highest BCUT2D eigenvalue weighted by atomic mass is 79.9. The number of halogens is 1. The summed E-state index contributed by atoms with van der Waals surface area (Å²) in [7, 11) is 0. The first-order chi connectivity index (χ1) is 13.2. The lowest BCUT2D eigenvalue weighted by molar-refractivity contribution is -0.141. The molecule has 1 atom stereocenters. The number of benzene rings is 1. The predicted octanol–water partition coefficient (Wildman–Crippen LogP) is 3.05. The highest BCUT2D eigenvalue weighted by Gasteiger charge is 2.60. The highest BCUT2D eigenvalue weighted by molar-refractivity contribution is 9.10. The van der Waals surface area contributed by atoms with Crippen LogP contribution in [0, 0.1) is 0 Å². The molecular weight excluding hydrogens is 428 g/mol. The molecule has 1 spiro atoms. The first-order valence-electron chi connectivity index (χ1n) is 8.94. The Kier molecular flexibility index (Phi) is 5.34. The van der Waals surface area contributed by atoms with Gasteiger partial charge >= 0.3 is 5.97 Å². The number of carbonyl (C=O) groups excluding carboxylic acids is 3. The second kappa shape index (κ2) is 7.43. The zero-order valence-electron chi connectivity index (χ0n) is 15.8. The number of rotatable bonds is 5. The fourth-order valence-electron chi connectivity index (χ4n) is 3.76. The summed E-state index contributed by atoms with van der Waals surface area (Å²) in [5, 5.41) is 2.76. The number of ether oxygens (including phenoxy) is 2. The molecule has 8 heteroatoms. The topological polar surface area (TPSA) is 108 Å². The van der Waals surface area contributed by atoms with Gasteiger partial charge in [0, 0.05) is 15.7 Å². The van der Waals surface area contributed by atoms with Crippen LogP contribution in [-0.4, -0.2) is 24.3 Å². The van der Waals surface area contributed by atoms with Crippen LogP contribution in [-0.2, 0) is 29.3 Å². The van der Waals surface area contributed by atoms with Crippen molar-refractivity contribution in [1.82, 2.24) is 0 Å². The van der Waals surface area contributed by atoms with Crippen LogP contribution in [0.4, 0.5) is 5.69 Å². The molecule has 3 N–H and O–H groups in total. The van der Waals surface area contributed by atoms with Gasteiger partial charge < -0.3 is 20.5 Å². The molecule has 2 aliphatic rings. The zero-order valence-corrected chi connectivity index (χ0v) is 17.4. The Morgan fingerprint density at radius 1 is 1.32 bits per heavy atom. The monoisotopic (exact) mass is 448 g/mol. The van der Waals surface area contributed by atoms with E-state index in [1.807, 2.05) is 6.92 Å². The number of ketones is 1. The summed E-state index contributed by atoms with van der Waals surface area (Å²) in [5.74, 6) is -1.78. The normalized spacial score (nSPS) is 20.8. The molecule has 2 aliphatic heterocycles. The maximum Gasteiger partial charge on any atom is 0.341 e. The Morgan fingerprint density at radius 3 is 2.68 bits per heavy atom. The molecular formula is C20H21BrN2O5. The number of hydrogen-bond donors (Lipinski definition) is 2. The molecule has 28 heavy (non-hydrogen) atoms. The van der Waals surface area contributed by atoms with Crippen molar-refractivity contribution in [2.75, 3.05) is 11.9 Å². The third kappa shape index (κ3) is 2.92. The highest BCUT2D eigenvalue weighted by Crippen LogP contribution is 2.52. The van der Waals surface area contributed by atoms with Gasteiger partial charge in [-0.2, -0.15) is 0 Å². The number of hydrogen-bond acceptors (Lipinski definition) is 6. The van der Waals surface area contributed by atoms with E-state index >= 15 is 0 Å². The molecule has 0 unspecified atom stereocenters. The summed E-state index contributed by atoms with van der Waals surface area (Å²) >= 11 is 3.40. The van der Waals surface area contributed by atoms with E-state index in [2.05, 4.69) is 21.2 Å². The second-order valence-electron chi connectivity index (χ2n) is 6.71. The summed E-state index contributed by atoms with van der Waals surface area (Å²) in [4.78, 5) is 38.9. The summed E-state index contributed by atoms with van der Waals surface area (Å²) in [6.45, 7) is 5.01.